The molecule has 0 amide bonds. The van der Waals surface area contributed by atoms with Crippen LogP contribution in [0.1, 0.15) is 19.0 Å². The van der Waals surface area contributed by atoms with Gasteiger partial charge in [-0.3, -0.25) is 22.9 Å². The fraction of sp³-hybridized carbons (Fsp3) is 0.278. The summed E-state index contributed by atoms with van der Waals surface area (Å²) >= 11 is 0. The normalized spacial score (nSPS) is 11.7. The smallest absolute Gasteiger partial charge is 0.332 e. The van der Waals surface area contributed by atoms with Crippen LogP contribution in [0.25, 0.3) is 22.6 Å². The Bertz CT molecular complexity index is 1270. The highest BCUT2D eigenvalue weighted by Crippen LogP contribution is 2.24. The fourth-order valence-electron chi connectivity index (χ4n) is 3.42. The third-order valence-electron chi connectivity index (χ3n) is 4.65. The van der Waals surface area contributed by atoms with Gasteiger partial charge in [0.2, 0.25) is 5.78 Å². The predicted octanol–water partition coefficient (Wildman–Crippen LogP) is 1.44. The van der Waals surface area contributed by atoms with Crippen molar-refractivity contribution in [2.45, 2.75) is 26.8 Å². The number of imidazole rings is 2. The van der Waals surface area contributed by atoms with Crippen molar-refractivity contribution in [3.05, 3.63) is 57.0 Å². The van der Waals surface area contributed by atoms with E-state index >= 15 is 0 Å². The zero-order valence-electron chi connectivity index (χ0n) is 14.9. The zero-order chi connectivity index (χ0) is 18.6. The Balaban J connectivity index is 2.17. The van der Waals surface area contributed by atoms with Crippen LogP contribution in [0.3, 0.4) is 0 Å². The molecule has 1 aromatic carbocycles. The number of fused-ring (bicyclic) bond motifs is 3. The maximum absolute atomic E-state index is 12.9. The third kappa shape index (κ3) is 2.05. The molecule has 0 aliphatic carbocycles. The van der Waals surface area contributed by atoms with Gasteiger partial charge in [-0.1, -0.05) is 19.1 Å². The van der Waals surface area contributed by atoms with Crippen LogP contribution in [0.2, 0.25) is 0 Å². The number of nitrogen functional groups attached to an aromatic ring is 1. The molecule has 0 radical (unpaired) electrons. The van der Waals surface area contributed by atoms with Gasteiger partial charge in [-0.15, -0.1) is 0 Å². The van der Waals surface area contributed by atoms with E-state index in [4.69, 9.17) is 5.73 Å². The second-order valence-corrected chi connectivity index (χ2v) is 6.42. The summed E-state index contributed by atoms with van der Waals surface area (Å²) < 4.78 is 6.32. The zero-order valence-corrected chi connectivity index (χ0v) is 14.9. The molecule has 0 saturated heterocycles. The van der Waals surface area contributed by atoms with Crippen LogP contribution in [0, 0.1) is 6.92 Å². The molecule has 8 heteroatoms. The summed E-state index contributed by atoms with van der Waals surface area (Å²) in [6, 6.07) is 7.48. The lowest BCUT2D eigenvalue weighted by molar-refractivity contribution is 0.592. The molecule has 0 bridgehead atoms. The number of aryl methyl sites for hydroxylation is 2. The van der Waals surface area contributed by atoms with Gasteiger partial charge in [-0.05, 0) is 25.5 Å². The number of hydrogen-bond donors (Lipinski definition) is 1. The predicted molar refractivity (Wildman–Crippen MR) is 101 cm³/mol. The standard InChI is InChI=1S/C18H20N6O2/c1-4-9-22-16(25)14-15(21(3)18(22)26)20-17-23(14)10-11(2)24(17)13-8-6-5-7-12(13)19/h5-8,10H,4,9,19H2,1-3H3. The first-order valence-corrected chi connectivity index (χ1v) is 8.50. The maximum Gasteiger partial charge on any atom is 0.332 e. The largest absolute Gasteiger partial charge is 0.397 e. The minimum absolute atomic E-state index is 0.323. The molecule has 0 fully saturated rings. The molecular weight excluding hydrogens is 332 g/mol. The van der Waals surface area contributed by atoms with Gasteiger partial charge in [-0.25, -0.2) is 4.79 Å². The maximum atomic E-state index is 12.9. The van der Waals surface area contributed by atoms with Crippen molar-refractivity contribution in [2.75, 3.05) is 5.73 Å². The molecule has 0 unspecified atom stereocenters. The number of nitrogens with two attached hydrogens (primary N) is 1. The summed E-state index contributed by atoms with van der Waals surface area (Å²) in [4.78, 5) is 30.1. The first-order valence-electron chi connectivity index (χ1n) is 8.50. The molecule has 0 aliphatic heterocycles. The van der Waals surface area contributed by atoms with Crippen molar-refractivity contribution in [1.29, 1.82) is 0 Å². The summed E-state index contributed by atoms with van der Waals surface area (Å²) in [6.45, 7) is 4.24. The Hall–Kier alpha value is -3.29. The van der Waals surface area contributed by atoms with Gasteiger partial charge in [0, 0.05) is 25.5 Å². The van der Waals surface area contributed by atoms with Gasteiger partial charge in [0.15, 0.2) is 11.2 Å². The number of anilines is 1. The Morgan fingerprint density at radius 2 is 1.92 bits per heavy atom. The Morgan fingerprint density at radius 1 is 1.19 bits per heavy atom. The van der Waals surface area contributed by atoms with Crippen LogP contribution in [0.4, 0.5) is 5.69 Å². The summed E-state index contributed by atoms with van der Waals surface area (Å²) in [6.07, 6.45) is 2.54. The molecule has 4 aromatic rings. The Morgan fingerprint density at radius 3 is 2.62 bits per heavy atom. The van der Waals surface area contributed by atoms with E-state index in [1.54, 1.807) is 11.4 Å². The SMILES string of the molecule is CCCn1c(=O)c2c(nc3n(-c4ccccc4N)c(C)cn23)n(C)c1=O. The number of rotatable bonds is 3. The quantitative estimate of drug-likeness (QED) is 0.565. The van der Waals surface area contributed by atoms with Gasteiger partial charge in [0.1, 0.15) is 0 Å². The molecule has 8 nitrogen and oxygen atoms in total. The molecule has 3 aromatic heterocycles. The monoisotopic (exact) mass is 352 g/mol. The van der Waals surface area contributed by atoms with E-state index < -0.39 is 0 Å². The van der Waals surface area contributed by atoms with E-state index in [1.807, 2.05) is 48.9 Å². The van der Waals surface area contributed by atoms with E-state index in [1.165, 1.54) is 9.13 Å². The van der Waals surface area contributed by atoms with E-state index in [9.17, 15) is 9.59 Å². The minimum Gasteiger partial charge on any atom is -0.397 e. The van der Waals surface area contributed by atoms with Crippen molar-refractivity contribution >= 4 is 22.6 Å². The lowest BCUT2D eigenvalue weighted by atomic mass is 10.2. The van der Waals surface area contributed by atoms with Gasteiger partial charge < -0.3 is 5.73 Å². The molecule has 3 heterocycles. The number of para-hydroxylation sites is 2. The van der Waals surface area contributed by atoms with Crippen molar-refractivity contribution in [3.63, 3.8) is 0 Å². The topological polar surface area (TPSA) is 92.2 Å². The molecule has 0 atom stereocenters. The number of nitrogens with zero attached hydrogens (tertiary/aromatic N) is 5. The molecule has 0 saturated carbocycles. The van der Waals surface area contributed by atoms with Crippen LogP contribution < -0.4 is 17.0 Å². The third-order valence-corrected chi connectivity index (χ3v) is 4.65. The average Bonchev–Trinajstić information content (AvgIpc) is 3.12. The van der Waals surface area contributed by atoms with E-state index in [-0.39, 0.29) is 11.2 Å². The minimum atomic E-state index is -0.354. The average molecular weight is 352 g/mol. The Kier molecular flexibility index (Phi) is 3.50. The lowest BCUT2D eigenvalue weighted by Gasteiger charge is -2.08. The molecule has 134 valence electrons. The fourth-order valence-corrected chi connectivity index (χ4v) is 3.42. The first-order chi connectivity index (χ1) is 12.5. The van der Waals surface area contributed by atoms with E-state index in [2.05, 4.69) is 4.98 Å². The molecule has 0 spiro atoms. The van der Waals surface area contributed by atoms with Gasteiger partial charge in [0.05, 0.1) is 11.4 Å². The Labute approximate surface area is 148 Å². The molecule has 2 N–H and O–H groups in total. The van der Waals surface area contributed by atoms with E-state index in [0.29, 0.717) is 35.6 Å². The van der Waals surface area contributed by atoms with Crippen LogP contribution in [0.5, 0.6) is 0 Å². The summed E-state index contributed by atoms with van der Waals surface area (Å²) in [5.74, 6) is 0.553. The van der Waals surface area contributed by atoms with Gasteiger partial charge >= 0.3 is 5.69 Å². The van der Waals surface area contributed by atoms with Crippen molar-refractivity contribution in [2.24, 2.45) is 7.05 Å². The summed E-state index contributed by atoms with van der Waals surface area (Å²) in [7, 11) is 1.64. The number of benzene rings is 1. The second-order valence-electron chi connectivity index (χ2n) is 6.42. The highest BCUT2D eigenvalue weighted by atomic mass is 16.2. The summed E-state index contributed by atoms with van der Waals surface area (Å²) in [5.41, 5.74) is 8.51. The molecular formula is C18H20N6O2. The highest BCUT2D eigenvalue weighted by Gasteiger charge is 2.20. The van der Waals surface area contributed by atoms with Crippen molar-refractivity contribution < 1.29 is 0 Å². The van der Waals surface area contributed by atoms with Gasteiger partial charge in [-0.2, -0.15) is 4.98 Å². The number of aromatic nitrogens is 5. The van der Waals surface area contributed by atoms with Crippen molar-refractivity contribution in [1.82, 2.24) is 23.1 Å². The van der Waals surface area contributed by atoms with Crippen LogP contribution in [0.15, 0.2) is 40.1 Å². The summed E-state index contributed by atoms with van der Waals surface area (Å²) in [5, 5.41) is 0. The van der Waals surface area contributed by atoms with Gasteiger partial charge in [0.25, 0.3) is 5.56 Å². The molecule has 0 aliphatic rings. The second kappa shape index (κ2) is 5.62. The number of hydrogen-bond acceptors (Lipinski definition) is 4. The van der Waals surface area contributed by atoms with Crippen molar-refractivity contribution in [3.8, 4) is 5.69 Å². The molecule has 26 heavy (non-hydrogen) atoms. The van der Waals surface area contributed by atoms with Crippen LogP contribution >= 0.6 is 0 Å². The lowest BCUT2D eigenvalue weighted by Crippen LogP contribution is -2.39. The van der Waals surface area contributed by atoms with Crippen LogP contribution in [-0.2, 0) is 13.6 Å². The van der Waals surface area contributed by atoms with Crippen LogP contribution in [-0.4, -0.2) is 23.1 Å². The first kappa shape index (κ1) is 16.2. The molecule has 4 rings (SSSR count). The van der Waals surface area contributed by atoms with E-state index in [0.717, 1.165) is 11.4 Å². The highest BCUT2D eigenvalue weighted by molar-refractivity contribution is 5.77.